The fraction of sp³-hybridized carbons (Fsp3) is 0.300. The molecule has 0 fully saturated rings. The van der Waals surface area contributed by atoms with Gasteiger partial charge in [-0.1, -0.05) is 11.8 Å². The van der Waals surface area contributed by atoms with Crippen LogP contribution in [0.25, 0.3) is 0 Å². The highest BCUT2D eigenvalue weighted by molar-refractivity contribution is 7.99. The Balaban J connectivity index is 2.16. The predicted octanol–water partition coefficient (Wildman–Crippen LogP) is 5.39. The van der Waals surface area contributed by atoms with Crippen molar-refractivity contribution in [2.75, 3.05) is 6.61 Å². The first-order chi connectivity index (χ1) is 13.1. The van der Waals surface area contributed by atoms with Crippen molar-refractivity contribution in [1.29, 1.82) is 0 Å². The molecule has 0 saturated carbocycles. The summed E-state index contributed by atoms with van der Waals surface area (Å²) >= 11 is 1.17. The largest absolute Gasteiger partial charge is 0.479 e. The highest BCUT2D eigenvalue weighted by Gasteiger charge is 2.31. The van der Waals surface area contributed by atoms with E-state index in [-0.39, 0.29) is 12.2 Å². The van der Waals surface area contributed by atoms with Gasteiger partial charge in [0.1, 0.15) is 5.75 Å². The van der Waals surface area contributed by atoms with Crippen molar-refractivity contribution in [2.24, 2.45) is 0 Å². The number of alkyl halides is 3. The Hall–Kier alpha value is -2.48. The third kappa shape index (κ3) is 5.76. The number of carbonyl (C=O) groups is 2. The Bertz CT molecular complexity index is 848. The molecule has 2 aromatic carbocycles. The minimum atomic E-state index is -4.51. The number of hydrogen-bond donors (Lipinski definition) is 0. The first-order valence-corrected chi connectivity index (χ1v) is 9.27. The molecule has 0 amide bonds. The number of carbonyl (C=O) groups excluding carboxylic acids is 2. The Kier molecular flexibility index (Phi) is 7.12. The maximum Gasteiger partial charge on any atom is 0.416 e. The number of benzene rings is 2. The van der Waals surface area contributed by atoms with Gasteiger partial charge in [-0.15, -0.1) is 0 Å². The predicted molar refractivity (Wildman–Crippen MR) is 98.7 cm³/mol. The number of esters is 1. The summed E-state index contributed by atoms with van der Waals surface area (Å²) in [4.78, 5) is 24.5. The molecule has 1 atom stereocenters. The summed E-state index contributed by atoms with van der Waals surface area (Å²) in [7, 11) is 0. The van der Waals surface area contributed by atoms with Crippen LogP contribution in [0.2, 0.25) is 0 Å². The van der Waals surface area contributed by atoms with E-state index in [9.17, 15) is 22.8 Å². The summed E-state index contributed by atoms with van der Waals surface area (Å²) in [6.45, 7) is 4.76. The summed E-state index contributed by atoms with van der Waals surface area (Å²) < 4.78 is 49.0. The quantitative estimate of drug-likeness (QED) is 0.451. The molecule has 2 aromatic rings. The van der Waals surface area contributed by atoms with Gasteiger partial charge in [0, 0.05) is 15.4 Å². The van der Waals surface area contributed by atoms with Crippen LogP contribution >= 0.6 is 11.8 Å². The summed E-state index contributed by atoms with van der Waals surface area (Å²) in [5.41, 5.74) is -0.852. The Morgan fingerprint density at radius 1 is 1.11 bits per heavy atom. The van der Waals surface area contributed by atoms with Gasteiger partial charge in [-0.25, -0.2) is 4.79 Å². The fourth-order valence-corrected chi connectivity index (χ4v) is 3.27. The maximum atomic E-state index is 12.9. The van der Waals surface area contributed by atoms with E-state index in [0.29, 0.717) is 15.5 Å². The first-order valence-electron chi connectivity index (χ1n) is 8.45. The molecule has 0 heterocycles. The van der Waals surface area contributed by atoms with E-state index in [4.69, 9.17) is 9.47 Å². The zero-order chi connectivity index (χ0) is 20.9. The molecule has 150 valence electrons. The van der Waals surface area contributed by atoms with E-state index >= 15 is 0 Å². The molecular weight excluding hydrogens is 393 g/mol. The summed E-state index contributed by atoms with van der Waals surface area (Å²) in [6, 6.07) is 9.76. The van der Waals surface area contributed by atoms with Gasteiger partial charge in [-0.2, -0.15) is 13.2 Å². The molecule has 0 aliphatic heterocycles. The van der Waals surface area contributed by atoms with E-state index in [0.717, 1.165) is 12.1 Å². The molecule has 0 bridgehead atoms. The van der Waals surface area contributed by atoms with E-state index in [1.165, 1.54) is 24.8 Å². The topological polar surface area (TPSA) is 52.6 Å². The minimum absolute atomic E-state index is 0.0103. The van der Waals surface area contributed by atoms with Gasteiger partial charge < -0.3 is 9.47 Å². The lowest BCUT2D eigenvalue weighted by molar-refractivity contribution is -0.150. The van der Waals surface area contributed by atoms with Crippen molar-refractivity contribution < 1.29 is 32.2 Å². The number of halogens is 3. The molecule has 0 saturated heterocycles. The summed E-state index contributed by atoms with van der Waals surface area (Å²) in [6.07, 6.45) is -5.28. The molecule has 0 aromatic heterocycles. The number of Topliss-reactive ketones (excluding diaryl/α,β-unsaturated/α-hetero) is 1. The minimum Gasteiger partial charge on any atom is -0.479 e. The first kappa shape index (κ1) is 21.8. The van der Waals surface area contributed by atoms with Crippen LogP contribution < -0.4 is 4.74 Å². The van der Waals surface area contributed by atoms with Crippen LogP contribution in [-0.2, 0) is 15.7 Å². The molecule has 0 aliphatic rings. The van der Waals surface area contributed by atoms with Gasteiger partial charge in [-0.05, 0) is 63.2 Å². The van der Waals surface area contributed by atoms with Gasteiger partial charge in [0.2, 0.25) is 0 Å². The number of ether oxygens (including phenoxy) is 2. The van der Waals surface area contributed by atoms with Crippen LogP contribution in [0.4, 0.5) is 13.2 Å². The molecule has 0 spiro atoms. The number of hydrogen-bond acceptors (Lipinski definition) is 5. The van der Waals surface area contributed by atoms with Gasteiger partial charge in [-0.3, -0.25) is 4.79 Å². The van der Waals surface area contributed by atoms with E-state index in [1.807, 2.05) is 0 Å². The highest BCUT2D eigenvalue weighted by atomic mass is 32.2. The van der Waals surface area contributed by atoms with Gasteiger partial charge in [0.05, 0.1) is 12.2 Å². The molecule has 1 unspecified atom stereocenters. The van der Waals surface area contributed by atoms with E-state index in [1.54, 1.807) is 38.1 Å². The van der Waals surface area contributed by atoms with Crippen LogP contribution in [0.3, 0.4) is 0 Å². The van der Waals surface area contributed by atoms with Crippen LogP contribution in [0.15, 0.2) is 52.3 Å². The van der Waals surface area contributed by atoms with Gasteiger partial charge in [0.15, 0.2) is 11.9 Å². The van der Waals surface area contributed by atoms with Crippen molar-refractivity contribution in [3.05, 3.63) is 53.6 Å². The lowest BCUT2D eigenvalue weighted by atomic mass is 10.1. The fourth-order valence-electron chi connectivity index (χ4n) is 2.30. The third-order valence-electron chi connectivity index (χ3n) is 3.67. The standard InChI is InChI=1S/C20H19F3O4S/c1-4-26-19(25)13(3)27-15-6-8-16(9-7-15)28-18-10-5-14(20(21,22)23)11-17(18)12(2)24/h5-11,13H,4H2,1-3H3. The molecule has 28 heavy (non-hydrogen) atoms. The van der Waals surface area contributed by atoms with Crippen LogP contribution in [0.5, 0.6) is 5.75 Å². The monoisotopic (exact) mass is 412 g/mol. The lowest BCUT2D eigenvalue weighted by Gasteiger charge is -2.14. The molecule has 0 radical (unpaired) electrons. The highest BCUT2D eigenvalue weighted by Crippen LogP contribution is 2.36. The molecule has 4 nitrogen and oxygen atoms in total. The Morgan fingerprint density at radius 2 is 1.75 bits per heavy atom. The van der Waals surface area contributed by atoms with E-state index in [2.05, 4.69) is 0 Å². The second-order valence-electron chi connectivity index (χ2n) is 5.85. The van der Waals surface area contributed by atoms with Crippen molar-refractivity contribution >= 4 is 23.5 Å². The van der Waals surface area contributed by atoms with Crippen LogP contribution in [0, 0.1) is 0 Å². The van der Waals surface area contributed by atoms with Crippen molar-refractivity contribution in [3.63, 3.8) is 0 Å². The van der Waals surface area contributed by atoms with Crippen LogP contribution in [-0.4, -0.2) is 24.5 Å². The summed E-state index contributed by atoms with van der Waals surface area (Å²) in [5, 5.41) is 0. The van der Waals surface area contributed by atoms with Gasteiger partial charge in [0.25, 0.3) is 0 Å². The zero-order valence-electron chi connectivity index (χ0n) is 15.5. The maximum absolute atomic E-state index is 12.9. The van der Waals surface area contributed by atoms with Gasteiger partial charge >= 0.3 is 12.1 Å². The van der Waals surface area contributed by atoms with Crippen molar-refractivity contribution in [1.82, 2.24) is 0 Å². The average molecular weight is 412 g/mol. The van der Waals surface area contributed by atoms with Crippen LogP contribution in [0.1, 0.15) is 36.7 Å². The number of rotatable bonds is 7. The number of ketones is 1. The zero-order valence-corrected chi connectivity index (χ0v) is 16.3. The normalized spacial score (nSPS) is 12.4. The van der Waals surface area contributed by atoms with Crippen molar-refractivity contribution in [2.45, 2.75) is 42.8 Å². The Morgan fingerprint density at radius 3 is 2.29 bits per heavy atom. The third-order valence-corrected chi connectivity index (χ3v) is 4.75. The molecule has 0 aliphatic carbocycles. The lowest BCUT2D eigenvalue weighted by Crippen LogP contribution is -2.25. The Labute approximate surface area is 165 Å². The molecule has 2 rings (SSSR count). The van der Waals surface area contributed by atoms with E-state index < -0.39 is 29.6 Å². The molecule has 0 N–H and O–H groups in total. The SMILES string of the molecule is CCOC(=O)C(C)Oc1ccc(Sc2ccc(C(F)(F)F)cc2C(C)=O)cc1. The smallest absolute Gasteiger partial charge is 0.416 e. The average Bonchev–Trinajstić information content (AvgIpc) is 2.62. The molecule has 8 heteroatoms. The molecular formula is C20H19F3O4S. The summed E-state index contributed by atoms with van der Waals surface area (Å²) in [5.74, 6) is -0.474. The second kappa shape index (κ2) is 9.14. The second-order valence-corrected chi connectivity index (χ2v) is 6.97. The van der Waals surface area contributed by atoms with Crippen molar-refractivity contribution in [3.8, 4) is 5.75 Å².